The standard InChI is InChI=1S/C9H9BrFN3O/c10-7-4-8(11)6-9(5-7)15-3-1-2-13-14-12/h4-6H,1-3H2. The number of nitrogens with zero attached hydrogens (tertiary/aromatic N) is 3. The first kappa shape index (κ1) is 11.8. The van der Waals surface area contributed by atoms with E-state index >= 15 is 0 Å². The van der Waals surface area contributed by atoms with Crippen LogP contribution < -0.4 is 4.74 Å². The second-order valence-corrected chi connectivity index (χ2v) is 3.68. The van der Waals surface area contributed by atoms with Crippen LogP contribution in [0.5, 0.6) is 5.75 Å². The molecule has 6 heteroatoms. The summed E-state index contributed by atoms with van der Waals surface area (Å²) in [7, 11) is 0. The first-order chi connectivity index (χ1) is 7.22. The first-order valence-corrected chi connectivity index (χ1v) is 5.11. The van der Waals surface area contributed by atoms with E-state index in [4.69, 9.17) is 10.3 Å². The van der Waals surface area contributed by atoms with E-state index in [-0.39, 0.29) is 5.82 Å². The van der Waals surface area contributed by atoms with E-state index in [9.17, 15) is 4.39 Å². The lowest BCUT2D eigenvalue weighted by Crippen LogP contribution is -1.99. The number of benzene rings is 1. The van der Waals surface area contributed by atoms with Gasteiger partial charge in [-0.2, -0.15) is 0 Å². The van der Waals surface area contributed by atoms with E-state index < -0.39 is 0 Å². The molecule has 0 N–H and O–H groups in total. The third-order valence-electron chi connectivity index (χ3n) is 1.57. The molecule has 80 valence electrons. The third kappa shape index (κ3) is 4.67. The van der Waals surface area contributed by atoms with Crippen molar-refractivity contribution in [3.05, 3.63) is 38.9 Å². The molecule has 4 nitrogen and oxygen atoms in total. The lowest BCUT2D eigenvalue weighted by atomic mass is 10.3. The Bertz CT molecular complexity index is 359. The molecule has 0 bridgehead atoms. The van der Waals surface area contributed by atoms with Crippen molar-refractivity contribution < 1.29 is 9.13 Å². The Kier molecular flexibility index (Phi) is 4.93. The monoisotopic (exact) mass is 273 g/mol. The average Bonchev–Trinajstić information content (AvgIpc) is 2.16. The quantitative estimate of drug-likeness (QED) is 0.350. The molecule has 0 aromatic heterocycles. The molecule has 0 heterocycles. The Morgan fingerprint density at radius 1 is 1.47 bits per heavy atom. The average molecular weight is 274 g/mol. The van der Waals surface area contributed by atoms with Crippen molar-refractivity contribution in [3.63, 3.8) is 0 Å². The van der Waals surface area contributed by atoms with Gasteiger partial charge in [0.2, 0.25) is 0 Å². The van der Waals surface area contributed by atoms with Gasteiger partial charge in [0.1, 0.15) is 11.6 Å². The van der Waals surface area contributed by atoms with Crippen LogP contribution in [0.25, 0.3) is 10.4 Å². The van der Waals surface area contributed by atoms with E-state index in [0.29, 0.717) is 29.8 Å². The molecule has 15 heavy (non-hydrogen) atoms. The minimum atomic E-state index is -0.352. The minimum absolute atomic E-state index is 0.352. The van der Waals surface area contributed by atoms with Crippen LogP contribution in [0.1, 0.15) is 6.42 Å². The number of azide groups is 1. The summed E-state index contributed by atoms with van der Waals surface area (Å²) < 4.78 is 18.8. The largest absolute Gasteiger partial charge is 0.493 e. The lowest BCUT2D eigenvalue weighted by molar-refractivity contribution is 0.311. The molecule has 0 amide bonds. The molecular weight excluding hydrogens is 265 g/mol. The molecule has 0 radical (unpaired) electrons. The molecular formula is C9H9BrFN3O. The van der Waals surface area contributed by atoms with Gasteiger partial charge in [0, 0.05) is 22.0 Å². The van der Waals surface area contributed by atoms with Gasteiger partial charge in [-0.3, -0.25) is 0 Å². The normalized spacial score (nSPS) is 9.47. The van der Waals surface area contributed by atoms with Crippen LogP contribution in [-0.4, -0.2) is 13.2 Å². The molecule has 1 aromatic carbocycles. The summed E-state index contributed by atoms with van der Waals surface area (Å²) in [6.45, 7) is 0.780. The molecule has 1 aromatic rings. The van der Waals surface area contributed by atoms with Crippen molar-refractivity contribution in [2.45, 2.75) is 6.42 Å². The highest BCUT2D eigenvalue weighted by molar-refractivity contribution is 9.10. The molecule has 0 spiro atoms. The Hall–Kier alpha value is -1.26. The summed E-state index contributed by atoms with van der Waals surface area (Å²) in [5.41, 5.74) is 8.02. The van der Waals surface area contributed by atoms with E-state index in [2.05, 4.69) is 26.0 Å². The predicted molar refractivity (Wildman–Crippen MR) is 58.2 cm³/mol. The first-order valence-electron chi connectivity index (χ1n) is 4.32. The van der Waals surface area contributed by atoms with Crippen LogP contribution in [0.4, 0.5) is 4.39 Å². The van der Waals surface area contributed by atoms with Crippen molar-refractivity contribution >= 4 is 15.9 Å². The van der Waals surface area contributed by atoms with Gasteiger partial charge in [0.05, 0.1) is 6.61 Å². The van der Waals surface area contributed by atoms with E-state index in [1.54, 1.807) is 6.07 Å². The molecule has 0 fully saturated rings. The molecule has 0 aliphatic heterocycles. The van der Waals surface area contributed by atoms with Gasteiger partial charge in [0.15, 0.2) is 0 Å². The van der Waals surface area contributed by atoms with Crippen LogP contribution in [0.15, 0.2) is 27.8 Å². The summed E-state index contributed by atoms with van der Waals surface area (Å²) in [6.07, 6.45) is 0.609. The van der Waals surface area contributed by atoms with Gasteiger partial charge in [-0.25, -0.2) is 4.39 Å². The van der Waals surface area contributed by atoms with E-state index in [0.717, 1.165) is 0 Å². The highest BCUT2D eigenvalue weighted by atomic mass is 79.9. The van der Waals surface area contributed by atoms with Crippen molar-refractivity contribution in [1.82, 2.24) is 0 Å². The van der Waals surface area contributed by atoms with Gasteiger partial charge in [-0.1, -0.05) is 21.0 Å². The fraction of sp³-hybridized carbons (Fsp3) is 0.333. The fourth-order valence-corrected chi connectivity index (χ4v) is 1.43. The topological polar surface area (TPSA) is 58.0 Å². The van der Waals surface area contributed by atoms with Gasteiger partial charge in [-0.05, 0) is 24.1 Å². The molecule has 0 aliphatic carbocycles. The molecule has 0 saturated carbocycles. The van der Waals surface area contributed by atoms with Crippen LogP contribution in [-0.2, 0) is 0 Å². The van der Waals surface area contributed by atoms with Gasteiger partial charge in [0.25, 0.3) is 0 Å². The van der Waals surface area contributed by atoms with Crippen molar-refractivity contribution in [2.75, 3.05) is 13.2 Å². The van der Waals surface area contributed by atoms with Gasteiger partial charge < -0.3 is 4.74 Å². The molecule has 0 unspecified atom stereocenters. The Labute approximate surface area is 94.8 Å². The highest BCUT2D eigenvalue weighted by Gasteiger charge is 1.99. The Balaban J connectivity index is 2.40. The lowest BCUT2D eigenvalue weighted by Gasteiger charge is -2.05. The van der Waals surface area contributed by atoms with Crippen molar-refractivity contribution in [2.24, 2.45) is 5.11 Å². The molecule has 0 saturated heterocycles. The Morgan fingerprint density at radius 3 is 2.93 bits per heavy atom. The third-order valence-corrected chi connectivity index (χ3v) is 2.03. The molecule has 0 atom stereocenters. The number of halogens is 2. The maximum Gasteiger partial charge on any atom is 0.128 e. The summed E-state index contributed by atoms with van der Waals surface area (Å²) in [6, 6.07) is 4.34. The number of hydrogen-bond acceptors (Lipinski definition) is 2. The summed E-state index contributed by atoms with van der Waals surface area (Å²) >= 11 is 3.16. The maximum atomic E-state index is 12.9. The van der Waals surface area contributed by atoms with Crippen LogP contribution in [0.3, 0.4) is 0 Å². The minimum Gasteiger partial charge on any atom is -0.493 e. The summed E-state index contributed by atoms with van der Waals surface area (Å²) in [4.78, 5) is 2.61. The Morgan fingerprint density at radius 2 is 2.27 bits per heavy atom. The summed E-state index contributed by atoms with van der Waals surface area (Å²) in [5, 5.41) is 3.36. The van der Waals surface area contributed by atoms with Crippen LogP contribution in [0, 0.1) is 5.82 Å². The molecule has 1 rings (SSSR count). The van der Waals surface area contributed by atoms with Crippen molar-refractivity contribution in [1.29, 1.82) is 0 Å². The van der Waals surface area contributed by atoms with Crippen LogP contribution in [0.2, 0.25) is 0 Å². The summed E-state index contributed by atoms with van der Waals surface area (Å²) in [5.74, 6) is 0.109. The predicted octanol–water partition coefficient (Wildman–Crippen LogP) is 3.67. The second kappa shape index (κ2) is 6.27. The van der Waals surface area contributed by atoms with Gasteiger partial charge in [-0.15, -0.1) is 0 Å². The zero-order valence-electron chi connectivity index (χ0n) is 7.86. The number of rotatable bonds is 5. The van der Waals surface area contributed by atoms with Crippen LogP contribution >= 0.6 is 15.9 Å². The molecule has 0 aliphatic rings. The smallest absolute Gasteiger partial charge is 0.128 e. The SMILES string of the molecule is [N-]=[N+]=NCCCOc1cc(F)cc(Br)c1. The zero-order valence-corrected chi connectivity index (χ0v) is 9.45. The maximum absolute atomic E-state index is 12.9. The highest BCUT2D eigenvalue weighted by Crippen LogP contribution is 2.20. The fourth-order valence-electron chi connectivity index (χ4n) is 0.982. The van der Waals surface area contributed by atoms with Crippen molar-refractivity contribution in [3.8, 4) is 5.75 Å². The second-order valence-electron chi connectivity index (χ2n) is 2.76. The van der Waals surface area contributed by atoms with Gasteiger partial charge >= 0.3 is 0 Å². The van der Waals surface area contributed by atoms with E-state index in [1.807, 2.05) is 0 Å². The zero-order chi connectivity index (χ0) is 11.1. The number of ether oxygens (including phenoxy) is 1. The number of hydrogen-bond donors (Lipinski definition) is 0. The van der Waals surface area contributed by atoms with E-state index in [1.165, 1.54) is 12.1 Å².